The van der Waals surface area contributed by atoms with Gasteiger partial charge in [0.25, 0.3) is 5.91 Å². The Hall–Kier alpha value is -0.680. The molecule has 1 N–H and O–H groups in total. The van der Waals surface area contributed by atoms with E-state index < -0.39 is 13.5 Å². The lowest BCUT2D eigenvalue weighted by Crippen LogP contribution is -2.27. The quantitative estimate of drug-likeness (QED) is 0.299. The van der Waals surface area contributed by atoms with E-state index in [1.54, 1.807) is 13.8 Å². The van der Waals surface area contributed by atoms with Gasteiger partial charge in [0.1, 0.15) is 0 Å². The van der Waals surface area contributed by atoms with Crippen LogP contribution in [0.2, 0.25) is 0 Å². The van der Waals surface area contributed by atoms with E-state index in [1.165, 1.54) is 0 Å². The first-order valence-corrected chi connectivity index (χ1v) is 7.22. The number of hydroxylamine groups is 2. The molecule has 0 saturated heterocycles. The highest BCUT2D eigenvalue weighted by Crippen LogP contribution is 2.48. The molecule has 0 aliphatic heterocycles. The monoisotopic (exact) mass is 265 g/mol. The molecule has 0 heterocycles. The van der Waals surface area contributed by atoms with E-state index in [4.69, 9.17) is 9.05 Å². The summed E-state index contributed by atoms with van der Waals surface area (Å²) in [4.78, 5) is 10.9. The molecule has 100 valence electrons. The summed E-state index contributed by atoms with van der Waals surface area (Å²) in [5.41, 5.74) is 0. The highest BCUT2D eigenvalue weighted by molar-refractivity contribution is 7.53. The minimum absolute atomic E-state index is 0.0645. The van der Waals surface area contributed by atoms with E-state index in [0.29, 0.717) is 24.7 Å². The fourth-order valence-corrected chi connectivity index (χ4v) is 2.84. The Morgan fingerprint density at radius 3 is 2.35 bits per heavy atom. The predicted molar refractivity (Wildman–Crippen MR) is 64.0 cm³/mol. The summed E-state index contributed by atoms with van der Waals surface area (Å²) >= 11 is 0. The van der Waals surface area contributed by atoms with E-state index in [9.17, 15) is 14.6 Å². The second-order valence-corrected chi connectivity index (χ2v) is 5.37. The van der Waals surface area contributed by atoms with Gasteiger partial charge >= 0.3 is 7.60 Å². The van der Waals surface area contributed by atoms with Crippen LogP contribution in [0.15, 0.2) is 12.7 Å². The van der Waals surface area contributed by atoms with Crippen LogP contribution in [0.25, 0.3) is 0 Å². The lowest BCUT2D eigenvalue weighted by atomic mass is 10.4. The number of carbonyl (C=O) groups is 1. The molecule has 0 fully saturated rings. The zero-order valence-electron chi connectivity index (χ0n) is 10.3. The Bertz CT molecular complexity index is 284. The van der Waals surface area contributed by atoms with Crippen molar-refractivity contribution in [2.45, 2.75) is 20.3 Å². The molecule has 0 aromatic carbocycles. The lowest BCUT2D eigenvalue weighted by Gasteiger charge is -2.18. The lowest BCUT2D eigenvalue weighted by molar-refractivity contribution is -0.159. The van der Waals surface area contributed by atoms with Gasteiger partial charge < -0.3 is 9.05 Å². The average Bonchev–Trinajstić information content (AvgIpc) is 2.28. The van der Waals surface area contributed by atoms with Gasteiger partial charge in [-0.05, 0) is 26.3 Å². The predicted octanol–water partition coefficient (Wildman–Crippen LogP) is 2.05. The molecular formula is C10H20NO5P. The van der Waals surface area contributed by atoms with Crippen LogP contribution in [0, 0.1) is 0 Å². The second kappa shape index (κ2) is 8.42. The fourth-order valence-electron chi connectivity index (χ4n) is 1.19. The Kier molecular flexibility index (Phi) is 8.08. The Labute approximate surface area is 102 Å². The van der Waals surface area contributed by atoms with Crippen molar-refractivity contribution in [3.63, 3.8) is 0 Å². The first-order chi connectivity index (χ1) is 7.99. The Morgan fingerprint density at radius 2 is 1.94 bits per heavy atom. The van der Waals surface area contributed by atoms with Gasteiger partial charge in [-0.25, -0.2) is 5.06 Å². The molecule has 0 aromatic heterocycles. The summed E-state index contributed by atoms with van der Waals surface area (Å²) in [6.07, 6.45) is 1.49. The van der Waals surface area contributed by atoms with Crippen molar-refractivity contribution in [3.8, 4) is 0 Å². The van der Waals surface area contributed by atoms with Crippen LogP contribution in [0.1, 0.15) is 20.3 Å². The molecule has 0 aromatic rings. The number of rotatable bonds is 9. The van der Waals surface area contributed by atoms with E-state index in [2.05, 4.69) is 6.58 Å². The average molecular weight is 265 g/mol. The van der Waals surface area contributed by atoms with Gasteiger partial charge in [-0.1, -0.05) is 6.58 Å². The molecule has 0 spiro atoms. The van der Waals surface area contributed by atoms with Gasteiger partial charge in [0.2, 0.25) is 0 Å². The molecule has 17 heavy (non-hydrogen) atoms. The summed E-state index contributed by atoms with van der Waals surface area (Å²) < 4.78 is 22.1. The molecule has 0 aliphatic rings. The SMILES string of the molecule is C=CC(=O)N(O)CCCP(=O)(OCC)OCC. The normalized spacial score (nSPS) is 11.2. The third kappa shape index (κ3) is 6.58. The molecule has 6 nitrogen and oxygen atoms in total. The van der Waals surface area contributed by atoms with Crippen LogP contribution in [0.3, 0.4) is 0 Å². The van der Waals surface area contributed by atoms with E-state index >= 15 is 0 Å². The standard InChI is InChI=1S/C10H20NO5P/c1-4-10(12)11(13)8-7-9-17(14,15-5-2)16-6-3/h4,13H,1,5-9H2,2-3H3. The molecule has 7 heteroatoms. The van der Waals surface area contributed by atoms with Crippen LogP contribution in [-0.4, -0.2) is 42.1 Å². The van der Waals surface area contributed by atoms with Crippen molar-refractivity contribution in [3.05, 3.63) is 12.7 Å². The van der Waals surface area contributed by atoms with E-state index in [0.717, 1.165) is 6.08 Å². The molecule has 0 aliphatic carbocycles. The van der Waals surface area contributed by atoms with Crippen molar-refractivity contribution in [1.29, 1.82) is 0 Å². The molecule has 0 unspecified atom stereocenters. The van der Waals surface area contributed by atoms with E-state index in [-0.39, 0.29) is 12.7 Å². The zero-order chi connectivity index (χ0) is 13.3. The maximum Gasteiger partial charge on any atom is 0.330 e. The minimum atomic E-state index is -3.09. The summed E-state index contributed by atoms with van der Waals surface area (Å²) in [5, 5.41) is 9.74. The first-order valence-electron chi connectivity index (χ1n) is 5.50. The maximum atomic E-state index is 12.0. The molecule has 0 atom stereocenters. The number of hydrogen-bond donors (Lipinski definition) is 1. The number of nitrogens with zero attached hydrogens (tertiary/aromatic N) is 1. The number of amides is 1. The van der Waals surface area contributed by atoms with E-state index in [1.807, 2.05) is 0 Å². The van der Waals surface area contributed by atoms with Crippen molar-refractivity contribution in [2.75, 3.05) is 25.9 Å². The largest absolute Gasteiger partial charge is 0.330 e. The van der Waals surface area contributed by atoms with Gasteiger partial charge in [0.15, 0.2) is 0 Å². The van der Waals surface area contributed by atoms with Gasteiger partial charge in [-0.15, -0.1) is 0 Å². The zero-order valence-corrected chi connectivity index (χ0v) is 11.2. The van der Waals surface area contributed by atoms with Gasteiger partial charge in [-0.2, -0.15) is 0 Å². The van der Waals surface area contributed by atoms with Crippen LogP contribution in [-0.2, 0) is 18.4 Å². The Balaban J connectivity index is 4.10. The number of carbonyl (C=O) groups excluding carboxylic acids is 1. The van der Waals surface area contributed by atoms with Crippen molar-refractivity contribution >= 4 is 13.5 Å². The summed E-state index contributed by atoms with van der Waals surface area (Å²) in [6, 6.07) is 0. The van der Waals surface area contributed by atoms with Crippen LogP contribution in [0.5, 0.6) is 0 Å². The van der Waals surface area contributed by atoms with Gasteiger partial charge in [0, 0.05) is 6.54 Å². The topological polar surface area (TPSA) is 76.1 Å². The van der Waals surface area contributed by atoms with Crippen molar-refractivity contribution in [2.24, 2.45) is 0 Å². The van der Waals surface area contributed by atoms with Crippen molar-refractivity contribution in [1.82, 2.24) is 5.06 Å². The first kappa shape index (κ1) is 16.3. The fraction of sp³-hybridized carbons (Fsp3) is 0.700. The second-order valence-electron chi connectivity index (χ2n) is 3.19. The van der Waals surface area contributed by atoms with Gasteiger partial charge in [0.05, 0.1) is 19.4 Å². The van der Waals surface area contributed by atoms with Gasteiger partial charge in [-0.3, -0.25) is 14.6 Å². The molecule has 1 amide bonds. The van der Waals surface area contributed by atoms with Crippen LogP contribution < -0.4 is 0 Å². The minimum Gasteiger partial charge on any atom is -0.309 e. The maximum absolute atomic E-state index is 12.0. The third-order valence-corrected chi connectivity index (χ3v) is 4.05. The summed E-state index contributed by atoms with van der Waals surface area (Å²) in [7, 11) is -3.09. The third-order valence-electron chi connectivity index (χ3n) is 1.88. The molecule has 0 bridgehead atoms. The molecule has 0 saturated carbocycles. The molecule has 0 radical (unpaired) electrons. The summed E-state index contributed by atoms with van der Waals surface area (Å²) in [5.74, 6) is -0.590. The molecular weight excluding hydrogens is 245 g/mol. The van der Waals surface area contributed by atoms with Crippen LogP contribution in [0.4, 0.5) is 0 Å². The molecule has 0 rings (SSSR count). The Morgan fingerprint density at radius 1 is 1.41 bits per heavy atom. The summed E-state index contributed by atoms with van der Waals surface area (Å²) in [6.45, 7) is 7.36. The number of hydrogen-bond acceptors (Lipinski definition) is 5. The highest BCUT2D eigenvalue weighted by atomic mass is 31.2. The van der Waals surface area contributed by atoms with Crippen molar-refractivity contribution < 1.29 is 23.6 Å². The smallest absolute Gasteiger partial charge is 0.309 e. The van der Waals surface area contributed by atoms with Crippen LogP contribution >= 0.6 is 7.60 Å². The highest BCUT2D eigenvalue weighted by Gasteiger charge is 2.23.